The fraction of sp³-hybridized carbons (Fsp3) is 0.682. The SMILES string of the molecule is CC1CCN(C(=O)COc2ccc(CN3CCN4CCCC4C3)cc2)CC1. The largest absolute Gasteiger partial charge is 0.484 e. The first-order chi connectivity index (χ1) is 13.2. The lowest BCUT2D eigenvalue weighted by atomic mass is 9.99. The van der Waals surface area contributed by atoms with Crippen molar-refractivity contribution in [2.45, 2.75) is 45.2 Å². The van der Waals surface area contributed by atoms with Crippen LogP contribution in [0.5, 0.6) is 5.75 Å². The number of likely N-dealkylation sites (tertiary alicyclic amines) is 1. The van der Waals surface area contributed by atoms with E-state index in [4.69, 9.17) is 4.74 Å². The number of benzene rings is 1. The van der Waals surface area contributed by atoms with Gasteiger partial charge in [0, 0.05) is 45.3 Å². The molecule has 0 bridgehead atoms. The smallest absolute Gasteiger partial charge is 0.260 e. The highest BCUT2D eigenvalue weighted by Gasteiger charge is 2.30. The highest BCUT2D eigenvalue weighted by Crippen LogP contribution is 2.23. The van der Waals surface area contributed by atoms with E-state index in [2.05, 4.69) is 28.9 Å². The van der Waals surface area contributed by atoms with Gasteiger partial charge in [-0.05, 0) is 55.8 Å². The van der Waals surface area contributed by atoms with Crippen molar-refractivity contribution in [1.29, 1.82) is 0 Å². The van der Waals surface area contributed by atoms with Crippen LogP contribution in [0.1, 0.15) is 38.2 Å². The third-order valence-corrected chi connectivity index (χ3v) is 6.50. The normalized spacial score (nSPS) is 24.8. The van der Waals surface area contributed by atoms with Crippen molar-refractivity contribution in [2.75, 3.05) is 45.9 Å². The molecule has 0 radical (unpaired) electrons. The first kappa shape index (κ1) is 18.8. The van der Waals surface area contributed by atoms with Gasteiger partial charge >= 0.3 is 0 Å². The van der Waals surface area contributed by atoms with Crippen LogP contribution in [0.3, 0.4) is 0 Å². The third kappa shape index (κ3) is 4.82. The minimum Gasteiger partial charge on any atom is -0.484 e. The molecule has 0 aromatic heterocycles. The second-order valence-corrected chi connectivity index (χ2v) is 8.56. The summed E-state index contributed by atoms with van der Waals surface area (Å²) in [4.78, 5) is 19.4. The molecule has 27 heavy (non-hydrogen) atoms. The van der Waals surface area contributed by atoms with Gasteiger partial charge in [0.25, 0.3) is 5.91 Å². The number of amides is 1. The highest BCUT2D eigenvalue weighted by molar-refractivity contribution is 5.77. The number of hydrogen-bond donors (Lipinski definition) is 0. The van der Waals surface area contributed by atoms with Crippen LogP contribution in [-0.2, 0) is 11.3 Å². The molecule has 1 aromatic rings. The van der Waals surface area contributed by atoms with E-state index < -0.39 is 0 Å². The average molecular weight is 372 g/mol. The van der Waals surface area contributed by atoms with Crippen molar-refractivity contribution < 1.29 is 9.53 Å². The molecule has 1 amide bonds. The van der Waals surface area contributed by atoms with Gasteiger partial charge in [0.2, 0.25) is 0 Å². The molecule has 0 aliphatic carbocycles. The van der Waals surface area contributed by atoms with Crippen LogP contribution in [-0.4, -0.2) is 72.5 Å². The number of piperazine rings is 1. The summed E-state index contributed by atoms with van der Waals surface area (Å²) in [5, 5.41) is 0. The Morgan fingerprint density at radius 2 is 1.81 bits per heavy atom. The second-order valence-electron chi connectivity index (χ2n) is 8.56. The molecule has 5 heteroatoms. The maximum absolute atomic E-state index is 12.3. The Balaban J connectivity index is 1.22. The van der Waals surface area contributed by atoms with Crippen molar-refractivity contribution in [3.05, 3.63) is 29.8 Å². The molecule has 1 unspecified atom stereocenters. The molecule has 0 saturated carbocycles. The van der Waals surface area contributed by atoms with Crippen molar-refractivity contribution >= 4 is 5.91 Å². The average Bonchev–Trinajstić information content (AvgIpc) is 3.15. The van der Waals surface area contributed by atoms with E-state index in [0.717, 1.165) is 56.7 Å². The van der Waals surface area contributed by atoms with Crippen LogP contribution in [0.25, 0.3) is 0 Å². The Morgan fingerprint density at radius 3 is 2.59 bits per heavy atom. The van der Waals surface area contributed by atoms with Gasteiger partial charge in [-0.15, -0.1) is 0 Å². The standard InChI is InChI=1S/C22H33N3O2/c1-18-8-11-25(12-9-18)22(26)17-27-21-6-4-19(5-7-21)15-23-13-14-24-10-2-3-20(24)16-23/h4-7,18,20H,2-3,8-17H2,1H3. The van der Waals surface area contributed by atoms with Crippen LogP contribution >= 0.6 is 0 Å². The second kappa shape index (κ2) is 8.61. The number of carbonyl (C=O) groups is 1. The molecule has 3 fully saturated rings. The predicted octanol–water partition coefficient (Wildman–Crippen LogP) is 2.60. The molecule has 4 rings (SSSR count). The zero-order valence-electron chi connectivity index (χ0n) is 16.6. The third-order valence-electron chi connectivity index (χ3n) is 6.50. The molecule has 3 aliphatic rings. The maximum atomic E-state index is 12.3. The Kier molecular flexibility index (Phi) is 5.98. The zero-order chi connectivity index (χ0) is 18.6. The summed E-state index contributed by atoms with van der Waals surface area (Å²) in [5.74, 6) is 1.64. The fourth-order valence-corrected chi connectivity index (χ4v) is 4.64. The van der Waals surface area contributed by atoms with Gasteiger partial charge in [0.1, 0.15) is 5.75 Å². The summed E-state index contributed by atoms with van der Waals surface area (Å²) in [5.41, 5.74) is 1.32. The van der Waals surface area contributed by atoms with Crippen LogP contribution in [0, 0.1) is 5.92 Å². The maximum Gasteiger partial charge on any atom is 0.260 e. The molecule has 148 valence electrons. The number of hydrogen-bond acceptors (Lipinski definition) is 4. The molecule has 0 N–H and O–H groups in total. The monoisotopic (exact) mass is 371 g/mol. The van der Waals surface area contributed by atoms with Crippen LogP contribution in [0.2, 0.25) is 0 Å². The fourth-order valence-electron chi connectivity index (χ4n) is 4.64. The van der Waals surface area contributed by atoms with E-state index in [9.17, 15) is 4.79 Å². The Labute approximate surface area is 163 Å². The Hall–Kier alpha value is -1.59. The Morgan fingerprint density at radius 1 is 1.04 bits per heavy atom. The summed E-state index contributed by atoms with van der Waals surface area (Å²) in [6, 6.07) is 9.07. The van der Waals surface area contributed by atoms with E-state index in [0.29, 0.717) is 0 Å². The summed E-state index contributed by atoms with van der Waals surface area (Å²) < 4.78 is 5.74. The van der Waals surface area contributed by atoms with Crippen LogP contribution < -0.4 is 4.74 Å². The molecular formula is C22H33N3O2. The summed E-state index contributed by atoms with van der Waals surface area (Å²) in [6.45, 7) is 10.0. The zero-order valence-corrected chi connectivity index (χ0v) is 16.6. The number of carbonyl (C=O) groups excluding carboxylic acids is 1. The lowest BCUT2D eigenvalue weighted by Gasteiger charge is -2.37. The summed E-state index contributed by atoms with van der Waals surface area (Å²) >= 11 is 0. The van der Waals surface area contributed by atoms with E-state index in [1.807, 2.05) is 17.0 Å². The molecule has 1 atom stereocenters. The lowest BCUT2D eigenvalue weighted by Crippen LogP contribution is -2.49. The minimum atomic E-state index is 0.111. The quantitative estimate of drug-likeness (QED) is 0.797. The summed E-state index contributed by atoms with van der Waals surface area (Å²) in [6.07, 6.45) is 4.93. The van der Waals surface area contributed by atoms with Gasteiger partial charge in [0.15, 0.2) is 6.61 Å². The first-order valence-electron chi connectivity index (χ1n) is 10.6. The number of rotatable bonds is 5. The molecular weight excluding hydrogens is 338 g/mol. The molecule has 5 nitrogen and oxygen atoms in total. The van der Waals surface area contributed by atoms with E-state index in [-0.39, 0.29) is 12.5 Å². The van der Waals surface area contributed by atoms with Crippen molar-refractivity contribution in [3.8, 4) is 5.75 Å². The molecule has 1 aromatic carbocycles. The van der Waals surface area contributed by atoms with Gasteiger partial charge in [-0.25, -0.2) is 0 Å². The van der Waals surface area contributed by atoms with Gasteiger partial charge in [0.05, 0.1) is 0 Å². The summed E-state index contributed by atoms with van der Waals surface area (Å²) in [7, 11) is 0. The topological polar surface area (TPSA) is 36.0 Å². The number of ether oxygens (including phenoxy) is 1. The van der Waals surface area contributed by atoms with E-state index in [1.165, 1.54) is 38.0 Å². The Bertz CT molecular complexity index is 625. The van der Waals surface area contributed by atoms with Crippen molar-refractivity contribution in [3.63, 3.8) is 0 Å². The van der Waals surface area contributed by atoms with Gasteiger partial charge in [-0.1, -0.05) is 19.1 Å². The molecule has 0 spiro atoms. The van der Waals surface area contributed by atoms with Crippen molar-refractivity contribution in [1.82, 2.24) is 14.7 Å². The highest BCUT2D eigenvalue weighted by atomic mass is 16.5. The molecule has 3 saturated heterocycles. The minimum absolute atomic E-state index is 0.111. The lowest BCUT2D eigenvalue weighted by molar-refractivity contribution is -0.134. The molecule has 3 heterocycles. The van der Waals surface area contributed by atoms with E-state index in [1.54, 1.807) is 0 Å². The van der Waals surface area contributed by atoms with Gasteiger partial charge < -0.3 is 9.64 Å². The predicted molar refractivity (Wildman–Crippen MR) is 107 cm³/mol. The number of nitrogens with zero attached hydrogens (tertiary/aromatic N) is 3. The van der Waals surface area contributed by atoms with Crippen LogP contribution in [0.4, 0.5) is 0 Å². The number of fused-ring (bicyclic) bond motifs is 1. The van der Waals surface area contributed by atoms with Gasteiger partial charge in [-0.3, -0.25) is 14.6 Å². The molecule has 3 aliphatic heterocycles. The van der Waals surface area contributed by atoms with Crippen LogP contribution in [0.15, 0.2) is 24.3 Å². The van der Waals surface area contributed by atoms with Crippen molar-refractivity contribution in [2.24, 2.45) is 5.92 Å². The van der Waals surface area contributed by atoms with Gasteiger partial charge in [-0.2, -0.15) is 0 Å². The number of piperidine rings is 1. The first-order valence-corrected chi connectivity index (χ1v) is 10.6. The van der Waals surface area contributed by atoms with E-state index >= 15 is 0 Å².